The van der Waals surface area contributed by atoms with Gasteiger partial charge in [-0.15, -0.1) is 0 Å². The third-order valence-electron chi connectivity index (χ3n) is 6.14. The highest BCUT2D eigenvalue weighted by Gasteiger charge is 2.45. The average Bonchev–Trinajstić information content (AvgIpc) is 3.39. The maximum atomic E-state index is 13.4. The van der Waals surface area contributed by atoms with Crippen molar-refractivity contribution >= 4 is 28.3 Å². The number of likely N-dealkylation sites (tertiary alicyclic amines) is 1. The second kappa shape index (κ2) is 8.13. The third-order valence-corrected chi connectivity index (χ3v) is 6.14. The fourth-order valence-electron chi connectivity index (χ4n) is 4.43. The van der Waals surface area contributed by atoms with Gasteiger partial charge in [-0.05, 0) is 24.1 Å². The molecule has 0 aliphatic carbocycles. The number of benzene rings is 2. The minimum absolute atomic E-state index is 0.0610. The first-order valence-corrected chi connectivity index (χ1v) is 10.6. The average molecular weight is 419 g/mol. The van der Waals surface area contributed by atoms with Gasteiger partial charge in [-0.25, -0.2) is 0 Å². The number of H-pyrrole nitrogens is 1. The molecule has 160 valence electrons. The lowest BCUT2D eigenvalue weighted by atomic mass is 9.96. The Balaban J connectivity index is 1.44. The van der Waals surface area contributed by atoms with E-state index in [4.69, 9.17) is 9.73 Å². The summed E-state index contributed by atoms with van der Waals surface area (Å²) in [6, 6.07) is 15.9. The number of hydrogen-bond donors (Lipinski definition) is 3. The summed E-state index contributed by atoms with van der Waals surface area (Å²) >= 11 is 0. The summed E-state index contributed by atoms with van der Waals surface area (Å²) < 4.78 is 5.20. The van der Waals surface area contributed by atoms with Gasteiger partial charge in [0.15, 0.2) is 5.69 Å². The number of anilines is 1. The number of amidine groups is 1. The molecular formula is C23H26N6O2. The summed E-state index contributed by atoms with van der Waals surface area (Å²) in [7, 11) is 1.67. The van der Waals surface area contributed by atoms with E-state index in [1.165, 1.54) is 5.56 Å². The van der Waals surface area contributed by atoms with Crippen LogP contribution < -0.4 is 10.6 Å². The molecule has 1 amide bonds. The highest BCUT2D eigenvalue weighted by Crippen LogP contribution is 2.31. The molecule has 1 saturated heterocycles. The first-order chi connectivity index (χ1) is 15.2. The zero-order chi connectivity index (χ0) is 21.3. The lowest BCUT2D eigenvalue weighted by Crippen LogP contribution is -2.55. The molecule has 0 bridgehead atoms. The predicted molar refractivity (Wildman–Crippen MR) is 120 cm³/mol. The number of aromatic nitrogens is 2. The van der Waals surface area contributed by atoms with Crippen LogP contribution in [0.25, 0.3) is 10.9 Å². The van der Waals surface area contributed by atoms with Crippen molar-refractivity contribution in [2.75, 3.05) is 38.7 Å². The van der Waals surface area contributed by atoms with Crippen molar-refractivity contribution in [1.82, 2.24) is 20.4 Å². The normalized spacial score (nSPS) is 22.0. The number of carbonyl (C=O) groups excluding carboxylic acids is 1. The van der Waals surface area contributed by atoms with E-state index < -0.39 is 5.54 Å². The maximum absolute atomic E-state index is 13.4. The molecule has 5 rings (SSSR count). The molecule has 8 heteroatoms. The summed E-state index contributed by atoms with van der Waals surface area (Å²) in [6.07, 6.45) is 0.772. The van der Waals surface area contributed by atoms with E-state index in [1.54, 1.807) is 7.11 Å². The zero-order valence-electron chi connectivity index (χ0n) is 17.5. The van der Waals surface area contributed by atoms with Crippen molar-refractivity contribution < 1.29 is 9.53 Å². The van der Waals surface area contributed by atoms with E-state index in [0.29, 0.717) is 38.5 Å². The predicted octanol–water partition coefficient (Wildman–Crippen LogP) is 2.41. The lowest BCUT2D eigenvalue weighted by molar-refractivity contribution is 0.0782. The Hall–Kier alpha value is -3.23. The second-order valence-electron chi connectivity index (χ2n) is 8.04. The number of aliphatic imine (C=N–C) groups is 1. The van der Waals surface area contributed by atoms with Gasteiger partial charge < -0.3 is 15.0 Å². The first kappa shape index (κ1) is 19.7. The van der Waals surface area contributed by atoms with Gasteiger partial charge in [0.25, 0.3) is 5.91 Å². The largest absolute Gasteiger partial charge is 0.383 e. The molecule has 3 aromatic rings. The number of ether oxygens (including phenoxy) is 1. The SMILES string of the molecule is COCCN=C1Nc2ccccc2CN[C@@]12CCN(C(=O)c1n[nH]c3ccccc13)C2. The van der Waals surface area contributed by atoms with Crippen LogP contribution >= 0.6 is 0 Å². The summed E-state index contributed by atoms with van der Waals surface area (Å²) in [5, 5.41) is 15.4. The van der Waals surface area contributed by atoms with Gasteiger partial charge >= 0.3 is 0 Å². The molecule has 1 atom stereocenters. The van der Waals surface area contributed by atoms with Crippen LogP contribution in [0, 0.1) is 0 Å². The van der Waals surface area contributed by atoms with E-state index in [2.05, 4.69) is 33.0 Å². The molecule has 2 aliphatic heterocycles. The molecule has 3 N–H and O–H groups in total. The van der Waals surface area contributed by atoms with E-state index in [-0.39, 0.29) is 5.91 Å². The number of para-hydroxylation sites is 2. The van der Waals surface area contributed by atoms with Gasteiger partial charge in [0, 0.05) is 37.8 Å². The van der Waals surface area contributed by atoms with Crippen LogP contribution in [0.15, 0.2) is 53.5 Å². The quantitative estimate of drug-likeness (QED) is 0.566. The highest BCUT2D eigenvalue weighted by atomic mass is 16.5. The number of aromatic amines is 1. The van der Waals surface area contributed by atoms with E-state index >= 15 is 0 Å². The van der Waals surface area contributed by atoms with E-state index in [1.807, 2.05) is 41.3 Å². The number of nitrogens with zero attached hydrogens (tertiary/aromatic N) is 3. The zero-order valence-corrected chi connectivity index (χ0v) is 17.5. The van der Waals surface area contributed by atoms with Gasteiger partial charge in [-0.1, -0.05) is 36.4 Å². The van der Waals surface area contributed by atoms with Gasteiger partial charge in [0.1, 0.15) is 5.84 Å². The lowest BCUT2D eigenvalue weighted by Gasteiger charge is -2.30. The van der Waals surface area contributed by atoms with Crippen LogP contribution in [0.2, 0.25) is 0 Å². The molecule has 3 heterocycles. The van der Waals surface area contributed by atoms with Gasteiger partial charge in [-0.3, -0.25) is 20.2 Å². The van der Waals surface area contributed by atoms with Crippen molar-refractivity contribution in [3.05, 3.63) is 59.8 Å². The van der Waals surface area contributed by atoms with Crippen molar-refractivity contribution in [2.24, 2.45) is 4.99 Å². The minimum atomic E-state index is -0.436. The van der Waals surface area contributed by atoms with Crippen LogP contribution in [0.5, 0.6) is 0 Å². The van der Waals surface area contributed by atoms with Gasteiger partial charge in [0.05, 0.1) is 24.2 Å². The number of methoxy groups -OCH3 is 1. The van der Waals surface area contributed by atoms with Gasteiger partial charge in [0.2, 0.25) is 0 Å². The Bertz CT molecular complexity index is 1140. The topological polar surface area (TPSA) is 94.6 Å². The highest BCUT2D eigenvalue weighted by molar-refractivity contribution is 6.07. The maximum Gasteiger partial charge on any atom is 0.275 e. The number of hydrogen-bond acceptors (Lipinski definition) is 5. The monoisotopic (exact) mass is 418 g/mol. The summed E-state index contributed by atoms with van der Waals surface area (Å²) in [5.41, 5.74) is 3.13. The molecule has 1 fully saturated rings. The Kier molecular flexibility index (Phi) is 5.17. The van der Waals surface area contributed by atoms with Crippen LogP contribution in [0.1, 0.15) is 22.5 Å². The number of carbonyl (C=O) groups is 1. The number of amides is 1. The van der Waals surface area contributed by atoms with Crippen molar-refractivity contribution in [3.63, 3.8) is 0 Å². The second-order valence-corrected chi connectivity index (χ2v) is 8.04. The Morgan fingerprint density at radius 1 is 1.23 bits per heavy atom. The fourth-order valence-corrected chi connectivity index (χ4v) is 4.43. The summed E-state index contributed by atoms with van der Waals surface area (Å²) in [6.45, 7) is 2.97. The number of rotatable bonds is 4. The molecule has 0 saturated carbocycles. The van der Waals surface area contributed by atoms with Crippen LogP contribution in [-0.4, -0.2) is 65.7 Å². The Morgan fingerprint density at radius 2 is 2.06 bits per heavy atom. The Morgan fingerprint density at radius 3 is 2.97 bits per heavy atom. The number of fused-ring (bicyclic) bond motifs is 2. The summed E-state index contributed by atoms with van der Waals surface area (Å²) in [4.78, 5) is 20.1. The molecule has 8 nitrogen and oxygen atoms in total. The van der Waals surface area contributed by atoms with Crippen molar-refractivity contribution in [2.45, 2.75) is 18.5 Å². The first-order valence-electron chi connectivity index (χ1n) is 10.6. The minimum Gasteiger partial charge on any atom is -0.383 e. The number of nitrogens with one attached hydrogen (secondary N) is 3. The van der Waals surface area contributed by atoms with E-state index in [0.717, 1.165) is 28.8 Å². The standard InChI is InChI=1S/C23H26N6O2/c1-31-13-11-24-22-23(25-14-16-6-2-4-8-18(16)26-22)10-12-29(15-23)21(30)20-17-7-3-5-9-19(17)27-28-20/h2-9,25H,10-15H2,1H3,(H,24,26)(H,27,28)/t23-/m1/s1. The molecule has 31 heavy (non-hydrogen) atoms. The molecule has 1 aromatic heterocycles. The van der Waals surface area contributed by atoms with Crippen molar-refractivity contribution in [3.8, 4) is 0 Å². The Labute approximate surface area is 180 Å². The molecular weight excluding hydrogens is 392 g/mol. The van der Waals surface area contributed by atoms with Crippen LogP contribution in [0.4, 0.5) is 5.69 Å². The van der Waals surface area contributed by atoms with Crippen LogP contribution in [-0.2, 0) is 11.3 Å². The van der Waals surface area contributed by atoms with E-state index in [9.17, 15) is 4.79 Å². The summed E-state index contributed by atoms with van der Waals surface area (Å²) in [5.74, 6) is 0.797. The molecule has 2 aromatic carbocycles. The molecule has 0 radical (unpaired) electrons. The van der Waals surface area contributed by atoms with Gasteiger partial charge in [-0.2, -0.15) is 5.10 Å². The van der Waals surface area contributed by atoms with Crippen molar-refractivity contribution in [1.29, 1.82) is 0 Å². The van der Waals surface area contributed by atoms with Crippen LogP contribution in [0.3, 0.4) is 0 Å². The molecule has 2 aliphatic rings. The molecule has 1 spiro atoms. The fraction of sp³-hybridized carbons (Fsp3) is 0.348. The molecule has 0 unspecified atom stereocenters. The third kappa shape index (κ3) is 3.58. The smallest absolute Gasteiger partial charge is 0.275 e.